The first-order chi connectivity index (χ1) is 9.47. The number of aromatic nitrogens is 4. The van der Waals surface area contributed by atoms with Crippen molar-refractivity contribution < 1.29 is 4.79 Å². The lowest BCUT2D eigenvalue weighted by atomic mass is 9.92. The smallest absolute Gasteiger partial charge is 0.210 e. The molecule has 0 spiro atoms. The second-order valence-electron chi connectivity index (χ2n) is 5.57. The van der Waals surface area contributed by atoms with Gasteiger partial charge in [0, 0.05) is 5.41 Å². The molecule has 0 saturated heterocycles. The number of rotatable bonds is 5. The minimum absolute atomic E-state index is 0.191. The Balaban J connectivity index is 2.01. The Morgan fingerprint density at radius 2 is 1.95 bits per heavy atom. The van der Waals surface area contributed by atoms with Crippen LogP contribution in [0.15, 0.2) is 35.5 Å². The lowest BCUT2D eigenvalue weighted by molar-refractivity contribution is -0.123. The van der Waals surface area contributed by atoms with Crippen LogP contribution in [-0.4, -0.2) is 31.7 Å². The van der Waals surface area contributed by atoms with Gasteiger partial charge in [-0.25, -0.2) is 4.68 Å². The fourth-order valence-electron chi connectivity index (χ4n) is 1.50. The lowest BCUT2D eigenvalue weighted by Gasteiger charge is -2.15. The number of tetrazole rings is 1. The standard InChI is InChI=1S/C14H18N4OS/c1-14(2,3)12(19)10-20-13-15-16-17-18(13)9-11-7-5-4-6-8-11/h4-8H,9-10H2,1-3H3. The minimum atomic E-state index is -0.329. The van der Waals surface area contributed by atoms with Gasteiger partial charge in [0.15, 0.2) is 0 Å². The van der Waals surface area contributed by atoms with Crippen molar-refractivity contribution in [2.75, 3.05) is 5.75 Å². The molecule has 0 bridgehead atoms. The van der Waals surface area contributed by atoms with E-state index in [1.165, 1.54) is 11.8 Å². The quantitative estimate of drug-likeness (QED) is 0.791. The van der Waals surface area contributed by atoms with E-state index in [0.29, 0.717) is 17.5 Å². The first-order valence-corrected chi connectivity index (χ1v) is 7.41. The highest BCUT2D eigenvalue weighted by atomic mass is 32.2. The number of ketones is 1. The maximum atomic E-state index is 11.9. The van der Waals surface area contributed by atoms with Gasteiger partial charge in [-0.05, 0) is 16.0 Å². The summed E-state index contributed by atoms with van der Waals surface area (Å²) in [6.45, 7) is 6.37. The average molecular weight is 290 g/mol. The molecule has 0 saturated carbocycles. The lowest BCUT2D eigenvalue weighted by Crippen LogP contribution is -2.22. The van der Waals surface area contributed by atoms with Gasteiger partial charge in [0.1, 0.15) is 5.78 Å². The van der Waals surface area contributed by atoms with Crippen LogP contribution in [0.1, 0.15) is 26.3 Å². The van der Waals surface area contributed by atoms with Gasteiger partial charge in [0.25, 0.3) is 0 Å². The van der Waals surface area contributed by atoms with Gasteiger partial charge in [-0.15, -0.1) is 5.10 Å². The van der Waals surface area contributed by atoms with Crippen LogP contribution in [0, 0.1) is 5.41 Å². The summed E-state index contributed by atoms with van der Waals surface area (Å²) in [5.41, 5.74) is 0.800. The van der Waals surface area contributed by atoms with E-state index in [1.54, 1.807) is 4.68 Å². The Kier molecular flexibility index (Phi) is 4.54. The molecule has 6 heteroatoms. The fourth-order valence-corrected chi connectivity index (χ4v) is 2.54. The van der Waals surface area contributed by atoms with Crippen molar-refractivity contribution in [2.24, 2.45) is 5.41 Å². The molecule has 20 heavy (non-hydrogen) atoms. The SMILES string of the molecule is CC(C)(C)C(=O)CSc1nnnn1Cc1ccccc1. The third-order valence-electron chi connectivity index (χ3n) is 2.84. The second kappa shape index (κ2) is 6.17. The Bertz CT molecular complexity index is 574. The van der Waals surface area contributed by atoms with Gasteiger partial charge in [-0.2, -0.15) is 0 Å². The summed E-state index contributed by atoms with van der Waals surface area (Å²) >= 11 is 1.39. The molecule has 5 nitrogen and oxygen atoms in total. The van der Waals surface area contributed by atoms with E-state index in [4.69, 9.17) is 0 Å². The first-order valence-electron chi connectivity index (χ1n) is 6.43. The fraction of sp³-hybridized carbons (Fsp3) is 0.429. The van der Waals surface area contributed by atoms with Crippen LogP contribution in [0.2, 0.25) is 0 Å². The van der Waals surface area contributed by atoms with Crippen LogP contribution in [0.25, 0.3) is 0 Å². The van der Waals surface area contributed by atoms with Crippen LogP contribution in [0.5, 0.6) is 0 Å². The van der Waals surface area contributed by atoms with Crippen LogP contribution in [-0.2, 0) is 11.3 Å². The molecule has 106 valence electrons. The first kappa shape index (κ1) is 14.7. The van der Waals surface area contributed by atoms with Gasteiger partial charge in [-0.1, -0.05) is 62.9 Å². The third-order valence-corrected chi connectivity index (χ3v) is 3.80. The second-order valence-corrected chi connectivity index (χ2v) is 6.51. The zero-order valence-electron chi connectivity index (χ0n) is 11.9. The number of hydrogen-bond acceptors (Lipinski definition) is 5. The molecule has 0 atom stereocenters. The van der Waals surface area contributed by atoms with Gasteiger partial charge >= 0.3 is 0 Å². The summed E-state index contributed by atoms with van der Waals surface area (Å²) in [6.07, 6.45) is 0. The molecule has 2 aromatic rings. The molecule has 0 fully saturated rings. The highest BCUT2D eigenvalue weighted by molar-refractivity contribution is 7.99. The molecule has 1 aromatic heterocycles. The number of carbonyl (C=O) groups excluding carboxylic acids is 1. The molecule has 0 unspecified atom stereocenters. The Morgan fingerprint density at radius 3 is 2.60 bits per heavy atom. The van der Waals surface area contributed by atoms with Crippen molar-refractivity contribution in [2.45, 2.75) is 32.5 Å². The molecule has 0 aliphatic heterocycles. The van der Waals surface area contributed by atoms with E-state index < -0.39 is 0 Å². The number of benzene rings is 1. The molecule has 0 radical (unpaired) electrons. The Labute approximate surface area is 122 Å². The van der Waals surface area contributed by atoms with Crippen LogP contribution < -0.4 is 0 Å². The van der Waals surface area contributed by atoms with E-state index in [2.05, 4.69) is 15.5 Å². The third kappa shape index (κ3) is 3.90. The number of nitrogens with zero attached hydrogens (tertiary/aromatic N) is 4. The van der Waals surface area contributed by atoms with E-state index in [1.807, 2.05) is 51.1 Å². The van der Waals surface area contributed by atoms with Crippen molar-refractivity contribution in [3.8, 4) is 0 Å². The summed E-state index contributed by atoms with van der Waals surface area (Å²) in [6, 6.07) is 9.99. The van der Waals surface area contributed by atoms with E-state index in [9.17, 15) is 4.79 Å². The van der Waals surface area contributed by atoms with Crippen molar-refractivity contribution in [1.29, 1.82) is 0 Å². The summed E-state index contributed by atoms with van der Waals surface area (Å²) in [5.74, 6) is 0.579. The molecule has 2 rings (SSSR count). The molecule has 1 heterocycles. The zero-order chi connectivity index (χ0) is 14.6. The minimum Gasteiger partial charge on any atom is -0.298 e. The molecular formula is C14H18N4OS. The number of hydrogen-bond donors (Lipinski definition) is 0. The molecule has 0 N–H and O–H groups in total. The van der Waals surface area contributed by atoms with Crippen LogP contribution >= 0.6 is 11.8 Å². The molecule has 0 amide bonds. The summed E-state index contributed by atoms with van der Waals surface area (Å²) in [5, 5.41) is 12.3. The van der Waals surface area contributed by atoms with Gasteiger partial charge in [-0.3, -0.25) is 4.79 Å². The largest absolute Gasteiger partial charge is 0.298 e. The topological polar surface area (TPSA) is 60.7 Å². The Morgan fingerprint density at radius 1 is 1.25 bits per heavy atom. The predicted molar refractivity (Wildman–Crippen MR) is 78.5 cm³/mol. The summed E-state index contributed by atoms with van der Waals surface area (Å²) in [4.78, 5) is 11.9. The average Bonchev–Trinajstić information content (AvgIpc) is 2.83. The van der Waals surface area contributed by atoms with Crippen molar-refractivity contribution >= 4 is 17.5 Å². The Hall–Kier alpha value is -1.69. The molecule has 0 aliphatic rings. The normalized spacial score (nSPS) is 11.6. The summed E-state index contributed by atoms with van der Waals surface area (Å²) < 4.78 is 1.72. The highest BCUT2D eigenvalue weighted by Crippen LogP contribution is 2.21. The predicted octanol–water partition coefficient (Wildman–Crippen LogP) is 2.43. The van der Waals surface area contributed by atoms with Crippen molar-refractivity contribution in [3.05, 3.63) is 35.9 Å². The zero-order valence-corrected chi connectivity index (χ0v) is 12.7. The molecule has 0 aliphatic carbocycles. The van der Waals surface area contributed by atoms with Crippen LogP contribution in [0.3, 0.4) is 0 Å². The van der Waals surface area contributed by atoms with Crippen LogP contribution in [0.4, 0.5) is 0 Å². The van der Waals surface area contributed by atoms with E-state index in [-0.39, 0.29) is 11.2 Å². The van der Waals surface area contributed by atoms with E-state index in [0.717, 1.165) is 5.56 Å². The monoisotopic (exact) mass is 290 g/mol. The highest BCUT2D eigenvalue weighted by Gasteiger charge is 2.22. The van der Waals surface area contributed by atoms with Gasteiger partial charge in [0.05, 0.1) is 12.3 Å². The van der Waals surface area contributed by atoms with Gasteiger partial charge < -0.3 is 0 Å². The van der Waals surface area contributed by atoms with Crippen molar-refractivity contribution in [1.82, 2.24) is 20.2 Å². The van der Waals surface area contributed by atoms with Crippen molar-refractivity contribution in [3.63, 3.8) is 0 Å². The summed E-state index contributed by atoms with van der Waals surface area (Å²) in [7, 11) is 0. The number of carbonyl (C=O) groups is 1. The molecule has 1 aromatic carbocycles. The number of Topliss-reactive ketones (excluding diaryl/α,β-unsaturated/α-hetero) is 1. The van der Waals surface area contributed by atoms with E-state index >= 15 is 0 Å². The number of thioether (sulfide) groups is 1. The molecular weight excluding hydrogens is 272 g/mol. The maximum absolute atomic E-state index is 11.9. The maximum Gasteiger partial charge on any atom is 0.210 e. The van der Waals surface area contributed by atoms with Gasteiger partial charge in [0.2, 0.25) is 5.16 Å².